The first-order valence-electron chi connectivity index (χ1n) is 6.59. The third kappa shape index (κ3) is 3.64. The van der Waals surface area contributed by atoms with E-state index in [1.54, 1.807) is 12.1 Å². The molecule has 0 radical (unpaired) electrons. The van der Waals surface area contributed by atoms with E-state index in [-0.39, 0.29) is 11.8 Å². The number of halogens is 2. The van der Waals surface area contributed by atoms with Crippen LogP contribution in [0.4, 0.5) is 8.78 Å². The number of hydrogen-bond donors (Lipinski definition) is 1. The van der Waals surface area contributed by atoms with E-state index in [9.17, 15) is 8.78 Å². The van der Waals surface area contributed by atoms with Gasteiger partial charge in [-0.15, -0.1) is 0 Å². The Morgan fingerprint density at radius 3 is 2.58 bits per heavy atom. The molecule has 0 aliphatic carbocycles. The Labute approximate surface area is 112 Å². The molecule has 1 aromatic rings. The van der Waals surface area contributed by atoms with Crippen LogP contribution in [0.3, 0.4) is 0 Å². The molecule has 2 unspecified atom stereocenters. The van der Waals surface area contributed by atoms with E-state index in [1.807, 2.05) is 12.1 Å². The molecule has 106 valence electrons. The Bertz CT molecular complexity index is 397. The highest BCUT2D eigenvalue weighted by Gasteiger charge is 2.25. The SMILES string of the molecule is CC(c1ccc(OC(F)F)cc1)N1CCC(CN)C1. The second-order valence-electron chi connectivity index (χ2n) is 5.01. The van der Waals surface area contributed by atoms with Crippen LogP contribution in [0.5, 0.6) is 5.75 Å². The maximum absolute atomic E-state index is 12.1. The summed E-state index contributed by atoms with van der Waals surface area (Å²) in [5.74, 6) is 0.774. The highest BCUT2D eigenvalue weighted by Crippen LogP contribution is 2.28. The van der Waals surface area contributed by atoms with Gasteiger partial charge in [0.1, 0.15) is 5.75 Å². The van der Waals surface area contributed by atoms with Crippen LogP contribution in [0.25, 0.3) is 0 Å². The molecule has 2 N–H and O–H groups in total. The van der Waals surface area contributed by atoms with Gasteiger partial charge >= 0.3 is 6.61 Å². The lowest BCUT2D eigenvalue weighted by Crippen LogP contribution is -2.26. The van der Waals surface area contributed by atoms with Crippen LogP contribution in [0.15, 0.2) is 24.3 Å². The highest BCUT2D eigenvalue weighted by atomic mass is 19.3. The van der Waals surface area contributed by atoms with Crippen LogP contribution < -0.4 is 10.5 Å². The Kier molecular flexibility index (Phi) is 4.71. The number of ether oxygens (including phenoxy) is 1. The number of hydrogen-bond acceptors (Lipinski definition) is 3. The number of rotatable bonds is 5. The van der Waals surface area contributed by atoms with Crippen molar-refractivity contribution < 1.29 is 13.5 Å². The fourth-order valence-electron chi connectivity index (χ4n) is 2.55. The Hall–Kier alpha value is -1.20. The lowest BCUT2D eigenvalue weighted by Gasteiger charge is -2.24. The maximum Gasteiger partial charge on any atom is 0.387 e. The number of nitrogens with zero attached hydrogens (tertiary/aromatic N) is 1. The Morgan fingerprint density at radius 1 is 1.37 bits per heavy atom. The molecule has 0 spiro atoms. The largest absolute Gasteiger partial charge is 0.435 e. The van der Waals surface area contributed by atoms with Crippen molar-refractivity contribution in [1.29, 1.82) is 0 Å². The molecule has 3 nitrogen and oxygen atoms in total. The van der Waals surface area contributed by atoms with Gasteiger partial charge in [0.05, 0.1) is 0 Å². The topological polar surface area (TPSA) is 38.5 Å². The van der Waals surface area contributed by atoms with Crippen molar-refractivity contribution >= 4 is 0 Å². The van der Waals surface area contributed by atoms with Gasteiger partial charge in [-0.25, -0.2) is 0 Å². The molecule has 1 aromatic carbocycles. The van der Waals surface area contributed by atoms with Gasteiger partial charge in [-0.3, -0.25) is 4.90 Å². The predicted octanol–water partition coefficient (Wildman–Crippen LogP) is 2.63. The summed E-state index contributed by atoms with van der Waals surface area (Å²) in [7, 11) is 0. The first kappa shape index (κ1) is 14.2. The zero-order valence-corrected chi connectivity index (χ0v) is 11.1. The van der Waals surface area contributed by atoms with Gasteiger partial charge in [-0.1, -0.05) is 12.1 Å². The molecule has 2 rings (SSSR count). The molecular weight excluding hydrogens is 250 g/mol. The fourth-order valence-corrected chi connectivity index (χ4v) is 2.55. The van der Waals surface area contributed by atoms with Crippen LogP contribution in [-0.2, 0) is 0 Å². The van der Waals surface area contributed by atoms with E-state index in [0.29, 0.717) is 5.92 Å². The molecule has 0 bridgehead atoms. The Balaban J connectivity index is 1.97. The molecular formula is C14H20F2N2O. The Morgan fingerprint density at radius 2 is 2.05 bits per heavy atom. The van der Waals surface area contributed by atoms with Gasteiger partial charge < -0.3 is 10.5 Å². The van der Waals surface area contributed by atoms with Crippen LogP contribution in [-0.4, -0.2) is 31.1 Å². The zero-order valence-electron chi connectivity index (χ0n) is 11.1. The first-order chi connectivity index (χ1) is 9.10. The summed E-state index contributed by atoms with van der Waals surface area (Å²) in [6.07, 6.45) is 1.13. The minimum Gasteiger partial charge on any atom is -0.435 e. The lowest BCUT2D eigenvalue weighted by molar-refractivity contribution is -0.0498. The molecule has 0 saturated carbocycles. The van der Waals surface area contributed by atoms with E-state index in [2.05, 4.69) is 16.6 Å². The molecule has 19 heavy (non-hydrogen) atoms. The minimum atomic E-state index is -2.77. The van der Waals surface area contributed by atoms with E-state index >= 15 is 0 Å². The van der Waals surface area contributed by atoms with Crippen molar-refractivity contribution in [2.75, 3.05) is 19.6 Å². The smallest absolute Gasteiger partial charge is 0.387 e. The maximum atomic E-state index is 12.1. The summed E-state index contributed by atoms with van der Waals surface area (Å²) in [5.41, 5.74) is 6.80. The molecule has 1 aliphatic rings. The van der Waals surface area contributed by atoms with E-state index in [4.69, 9.17) is 5.73 Å². The lowest BCUT2D eigenvalue weighted by atomic mass is 10.1. The van der Waals surface area contributed by atoms with Crippen molar-refractivity contribution in [3.8, 4) is 5.75 Å². The number of alkyl halides is 2. The van der Waals surface area contributed by atoms with Crippen molar-refractivity contribution in [1.82, 2.24) is 4.90 Å². The van der Waals surface area contributed by atoms with Crippen molar-refractivity contribution in [3.05, 3.63) is 29.8 Å². The van der Waals surface area contributed by atoms with Gasteiger partial charge in [0, 0.05) is 12.6 Å². The van der Waals surface area contributed by atoms with Crippen LogP contribution >= 0.6 is 0 Å². The van der Waals surface area contributed by atoms with Crippen molar-refractivity contribution in [3.63, 3.8) is 0 Å². The summed E-state index contributed by atoms with van der Waals surface area (Å²) in [6, 6.07) is 7.15. The van der Waals surface area contributed by atoms with Gasteiger partial charge in [-0.05, 0) is 50.0 Å². The number of nitrogens with two attached hydrogens (primary N) is 1. The normalized spacial score (nSPS) is 21.8. The average Bonchev–Trinajstić information content (AvgIpc) is 2.87. The van der Waals surface area contributed by atoms with Gasteiger partial charge in [-0.2, -0.15) is 8.78 Å². The predicted molar refractivity (Wildman–Crippen MR) is 70.2 cm³/mol. The summed E-state index contributed by atoms with van der Waals surface area (Å²) in [5, 5.41) is 0. The second kappa shape index (κ2) is 6.30. The standard InChI is InChI=1S/C14H20F2N2O/c1-10(18-7-6-11(8-17)9-18)12-2-4-13(5-3-12)19-14(15)16/h2-5,10-11,14H,6-9,17H2,1H3. The number of benzene rings is 1. The molecule has 5 heteroatoms. The molecule has 1 fully saturated rings. The van der Waals surface area contributed by atoms with Crippen LogP contribution in [0, 0.1) is 5.92 Å². The van der Waals surface area contributed by atoms with Gasteiger partial charge in [0.2, 0.25) is 0 Å². The fraction of sp³-hybridized carbons (Fsp3) is 0.571. The van der Waals surface area contributed by atoms with Crippen molar-refractivity contribution in [2.24, 2.45) is 11.7 Å². The summed E-state index contributed by atoms with van der Waals surface area (Å²) in [4.78, 5) is 2.38. The van der Waals surface area contributed by atoms with Crippen LogP contribution in [0.2, 0.25) is 0 Å². The van der Waals surface area contributed by atoms with Gasteiger partial charge in [0.25, 0.3) is 0 Å². The molecule has 1 heterocycles. The summed E-state index contributed by atoms with van der Waals surface area (Å²) < 4.78 is 28.5. The first-order valence-corrected chi connectivity index (χ1v) is 6.59. The van der Waals surface area contributed by atoms with Crippen molar-refractivity contribution in [2.45, 2.75) is 26.0 Å². The van der Waals surface area contributed by atoms with E-state index < -0.39 is 6.61 Å². The third-order valence-electron chi connectivity index (χ3n) is 3.79. The molecule has 1 saturated heterocycles. The quantitative estimate of drug-likeness (QED) is 0.894. The van der Waals surface area contributed by atoms with E-state index in [1.165, 1.54) is 0 Å². The molecule has 0 aromatic heterocycles. The number of likely N-dealkylation sites (tertiary alicyclic amines) is 1. The zero-order chi connectivity index (χ0) is 13.8. The highest BCUT2D eigenvalue weighted by molar-refractivity contribution is 5.29. The molecule has 2 atom stereocenters. The third-order valence-corrected chi connectivity index (χ3v) is 3.79. The monoisotopic (exact) mass is 270 g/mol. The van der Waals surface area contributed by atoms with E-state index in [0.717, 1.165) is 31.6 Å². The average molecular weight is 270 g/mol. The second-order valence-corrected chi connectivity index (χ2v) is 5.01. The molecule has 0 amide bonds. The summed E-state index contributed by atoms with van der Waals surface area (Å²) >= 11 is 0. The summed E-state index contributed by atoms with van der Waals surface area (Å²) in [6.45, 7) is 2.13. The molecule has 1 aliphatic heterocycles. The minimum absolute atomic E-state index is 0.201. The van der Waals surface area contributed by atoms with Gasteiger partial charge in [0.15, 0.2) is 0 Å². The van der Waals surface area contributed by atoms with Crippen LogP contribution in [0.1, 0.15) is 24.9 Å².